The highest BCUT2D eigenvalue weighted by Crippen LogP contribution is 2.29. The monoisotopic (exact) mass is 389 g/mol. The van der Waals surface area contributed by atoms with Crippen molar-refractivity contribution in [3.63, 3.8) is 0 Å². The molecule has 2 heterocycles. The van der Waals surface area contributed by atoms with E-state index in [4.69, 9.17) is 14.5 Å². The van der Waals surface area contributed by atoms with E-state index in [1.165, 1.54) is 49.9 Å². The van der Waals surface area contributed by atoms with E-state index in [1.54, 1.807) is 6.07 Å². The Bertz CT molecular complexity index is 785. The molecule has 2 aromatic heterocycles. The Balaban J connectivity index is 1.77. The minimum absolute atomic E-state index is 0.0415. The average molecular weight is 390 g/mol. The van der Waals surface area contributed by atoms with Gasteiger partial charge in [0.1, 0.15) is 11.6 Å². The van der Waals surface area contributed by atoms with Crippen molar-refractivity contribution in [2.45, 2.75) is 68.8 Å². The molecular weight excluding hydrogens is 362 g/mol. The van der Waals surface area contributed by atoms with Crippen molar-refractivity contribution in [1.29, 1.82) is 0 Å². The lowest BCUT2D eigenvalue weighted by Gasteiger charge is -2.32. The van der Waals surface area contributed by atoms with Crippen molar-refractivity contribution < 1.29 is 14.3 Å². The average Bonchev–Trinajstić information content (AvgIpc) is 3.15. The molecule has 1 N–H and O–H groups in total. The molecule has 1 saturated carbocycles. The maximum Gasteiger partial charge on any atom is 0.371 e. The Morgan fingerprint density at radius 3 is 2.67 bits per heavy atom. The summed E-state index contributed by atoms with van der Waals surface area (Å²) in [6, 6.07) is 5.80. The minimum atomic E-state index is -1.05. The lowest BCUT2D eigenvalue weighted by atomic mass is 9.94. The SMILES string of the molecule is CC(C)c1cc(N(C)C2CCCCC2)nc(SCc2ccc(C(=O)O)o2)n1. The van der Waals surface area contributed by atoms with Gasteiger partial charge in [-0.05, 0) is 30.9 Å². The van der Waals surface area contributed by atoms with Gasteiger partial charge in [-0.3, -0.25) is 0 Å². The van der Waals surface area contributed by atoms with Crippen molar-refractivity contribution >= 4 is 23.5 Å². The molecule has 7 heteroatoms. The van der Waals surface area contributed by atoms with Crippen LogP contribution >= 0.6 is 11.8 Å². The molecule has 0 amide bonds. The quantitative estimate of drug-likeness (QED) is 0.530. The van der Waals surface area contributed by atoms with E-state index in [2.05, 4.69) is 36.8 Å². The van der Waals surface area contributed by atoms with Gasteiger partial charge in [-0.25, -0.2) is 14.8 Å². The topological polar surface area (TPSA) is 79.5 Å². The molecule has 0 aromatic carbocycles. The van der Waals surface area contributed by atoms with E-state index in [0.29, 0.717) is 28.6 Å². The fourth-order valence-electron chi connectivity index (χ4n) is 3.33. The van der Waals surface area contributed by atoms with E-state index < -0.39 is 5.97 Å². The first kappa shape index (κ1) is 19.7. The first-order valence-electron chi connectivity index (χ1n) is 9.50. The number of thioether (sulfide) groups is 1. The number of carbonyl (C=O) groups is 1. The Morgan fingerprint density at radius 2 is 2.04 bits per heavy atom. The summed E-state index contributed by atoms with van der Waals surface area (Å²) in [6.07, 6.45) is 6.31. The molecule has 1 fully saturated rings. The lowest BCUT2D eigenvalue weighted by Crippen LogP contribution is -2.34. The molecule has 3 rings (SSSR count). The molecule has 1 aliphatic carbocycles. The summed E-state index contributed by atoms with van der Waals surface area (Å²) in [5.41, 5.74) is 1.02. The predicted octanol–water partition coefficient (Wildman–Crippen LogP) is 4.95. The number of aromatic nitrogens is 2. The zero-order chi connectivity index (χ0) is 19.4. The summed E-state index contributed by atoms with van der Waals surface area (Å²) in [7, 11) is 2.13. The number of rotatable bonds is 7. The van der Waals surface area contributed by atoms with Crippen LogP contribution in [0.1, 0.15) is 73.9 Å². The summed E-state index contributed by atoms with van der Waals surface area (Å²) < 4.78 is 5.33. The van der Waals surface area contributed by atoms with Gasteiger partial charge in [0.2, 0.25) is 5.76 Å². The van der Waals surface area contributed by atoms with Crippen LogP contribution < -0.4 is 4.90 Å². The third kappa shape index (κ3) is 5.03. The standard InChI is InChI=1S/C20H27N3O3S/c1-13(2)16-11-18(23(3)14-7-5-4-6-8-14)22-20(21-16)27-12-15-9-10-17(26-15)19(24)25/h9-11,13-14H,4-8,12H2,1-3H3,(H,24,25). The normalized spacial score (nSPS) is 15.3. The fraction of sp³-hybridized carbons (Fsp3) is 0.550. The second kappa shape index (κ2) is 8.78. The molecule has 0 bridgehead atoms. The first-order valence-corrected chi connectivity index (χ1v) is 10.5. The Kier molecular flexibility index (Phi) is 6.42. The summed E-state index contributed by atoms with van der Waals surface area (Å²) in [6.45, 7) is 4.26. The van der Waals surface area contributed by atoms with Crippen LogP contribution in [-0.4, -0.2) is 34.1 Å². The molecule has 1 aliphatic rings. The molecule has 2 aromatic rings. The Hall–Kier alpha value is -2.02. The molecule has 27 heavy (non-hydrogen) atoms. The maximum absolute atomic E-state index is 10.9. The van der Waals surface area contributed by atoms with Gasteiger partial charge in [-0.15, -0.1) is 0 Å². The summed E-state index contributed by atoms with van der Waals surface area (Å²) in [4.78, 5) is 22.7. The lowest BCUT2D eigenvalue weighted by molar-refractivity contribution is 0.0661. The van der Waals surface area contributed by atoms with Gasteiger partial charge in [0.25, 0.3) is 0 Å². The van der Waals surface area contributed by atoms with Crippen LogP contribution in [0.4, 0.5) is 5.82 Å². The molecule has 0 aliphatic heterocycles. The number of nitrogens with zero attached hydrogens (tertiary/aromatic N) is 3. The predicted molar refractivity (Wildman–Crippen MR) is 107 cm³/mol. The first-order chi connectivity index (χ1) is 12.9. The van der Waals surface area contributed by atoms with Crippen LogP contribution in [0.5, 0.6) is 0 Å². The maximum atomic E-state index is 10.9. The molecular formula is C20H27N3O3S. The van der Waals surface area contributed by atoms with E-state index in [-0.39, 0.29) is 5.76 Å². The van der Waals surface area contributed by atoms with Gasteiger partial charge >= 0.3 is 5.97 Å². The molecule has 146 valence electrons. The molecule has 0 radical (unpaired) electrons. The number of carboxylic acids is 1. The van der Waals surface area contributed by atoms with Gasteiger partial charge in [-0.1, -0.05) is 44.9 Å². The molecule has 0 atom stereocenters. The van der Waals surface area contributed by atoms with E-state index in [9.17, 15) is 4.79 Å². The van der Waals surface area contributed by atoms with Gasteiger partial charge in [0.05, 0.1) is 5.75 Å². The van der Waals surface area contributed by atoms with E-state index in [1.807, 2.05) is 0 Å². The smallest absolute Gasteiger partial charge is 0.371 e. The van der Waals surface area contributed by atoms with Crippen LogP contribution in [0.15, 0.2) is 27.8 Å². The van der Waals surface area contributed by atoms with Crippen molar-refractivity contribution in [3.8, 4) is 0 Å². The van der Waals surface area contributed by atoms with E-state index in [0.717, 1.165) is 11.5 Å². The minimum Gasteiger partial charge on any atom is -0.475 e. The Labute approximate surface area is 164 Å². The third-order valence-corrected chi connectivity index (χ3v) is 5.87. The highest BCUT2D eigenvalue weighted by molar-refractivity contribution is 7.98. The molecule has 6 nitrogen and oxygen atoms in total. The second-order valence-electron chi connectivity index (χ2n) is 7.35. The number of anilines is 1. The van der Waals surface area contributed by atoms with Crippen molar-refractivity contribution in [3.05, 3.63) is 35.4 Å². The van der Waals surface area contributed by atoms with Gasteiger partial charge in [0.15, 0.2) is 5.16 Å². The van der Waals surface area contributed by atoms with Gasteiger partial charge in [-0.2, -0.15) is 0 Å². The van der Waals surface area contributed by atoms with Gasteiger partial charge in [0, 0.05) is 24.8 Å². The number of hydrogen-bond acceptors (Lipinski definition) is 6. The number of hydrogen-bond donors (Lipinski definition) is 1. The Morgan fingerprint density at radius 1 is 1.30 bits per heavy atom. The fourth-order valence-corrected chi connectivity index (χ4v) is 4.09. The highest BCUT2D eigenvalue weighted by Gasteiger charge is 2.21. The highest BCUT2D eigenvalue weighted by atomic mass is 32.2. The number of aromatic carboxylic acids is 1. The van der Waals surface area contributed by atoms with E-state index >= 15 is 0 Å². The van der Waals surface area contributed by atoms with Gasteiger partial charge < -0.3 is 14.4 Å². The molecule has 0 saturated heterocycles. The summed E-state index contributed by atoms with van der Waals surface area (Å²) in [5.74, 6) is 1.29. The van der Waals surface area contributed by atoms with Crippen LogP contribution in [0.2, 0.25) is 0 Å². The van der Waals surface area contributed by atoms with Crippen molar-refractivity contribution in [2.75, 3.05) is 11.9 Å². The number of furan rings is 1. The second-order valence-corrected chi connectivity index (χ2v) is 8.29. The van der Waals surface area contributed by atoms with Crippen LogP contribution in [0.3, 0.4) is 0 Å². The van der Waals surface area contributed by atoms with Crippen LogP contribution in [0.25, 0.3) is 0 Å². The zero-order valence-electron chi connectivity index (χ0n) is 16.1. The van der Waals surface area contributed by atoms with Crippen LogP contribution in [0, 0.1) is 0 Å². The van der Waals surface area contributed by atoms with Crippen LogP contribution in [-0.2, 0) is 5.75 Å². The summed E-state index contributed by atoms with van der Waals surface area (Å²) >= 11 is 1.47. The molecule has 0 unspecified atom stereocenters. The zero-order valence-corrected chi connectivity index (χ0v) is 17.0. The van der Waals surface area contributed by atoms with Crippen molar-refractivity contribution in [1.82, 2.24) is 9.97 Å². The third-order valence-electron chi connectivity index (χ3n) is 5.00. The summed E-state index contributed by atoms with van der Waals surface area (Å²) in [5, 5.41) is 9.67. The number of carboxylic acid groups (broad SMARTS) is 1. The van der Waals surface area contributed by atoms with Crippen molar-refractivity contribution in [2.24, 2.45) is 0 Å². The molecule has 0 spiro atoms. The largest absolute Gasteiger partial charge is 0.475 e.